The Bertz CT molecular complexity index is 284. The lowest BCUT2D eigenvalue weighted by atomic mass is 10.6. The molecule has 4 heteroatoms. The average Bonchev–Trinajstić information content (AvgIpc) is 2.58. The van der Waals surface area contributed by atoms with E-state index in [1.54, 1.807) is 0 Å². The predicted molar refractivity (Wildman–Crippen MR) is 57.5 cm³/mol. The third kappa shape index (κ3) is 3.64. The third-order valence-corrected chi connectivity index (χ3v) is 2.37. The van der Waals surface area contributed by atoms with E-state index >= 15 is 0 Å². The first kappa shape index (κ1) is 12.2. The van der Waals surface area contributed by atoms with E-state index < -0.39 is 0 Å². The number of nitrogens with zero attached hydrogens (tertiary/aromatic N) is 2. The minimum absolute atomic E-state index is 0.629. The van der Waals surface area contributed by atoms with Gasteiger partial charge in [-0.3, -0.25) is 0 Å². The fraction of sp³-hybridized carbons (Fsp3) is 0.727. The highest BCUT2D eigenvalue weighted by Crippen LogP contribution is 1.94. The fourth-order valence-electron chi connectivity index (χ4n) is 1.41. The molecule has 0 saturated carbocycles. The van der Waals surface area contributed by atoms with Crippen molar-refractivity contribution in [2.24, 2.45) is 0 Å². The van der Waals surface area contributed by atoms with Gasteiger partial charge in [0.2, 0.25) is 0 Å². The second-order valence-corrected chi connectivity index (χ2v) is 3.33. The van der Waals surface area contributed by atoms with Gasteiger partial charge in [0.1, 0.15) is 18.9 Å². The summed E-state index contributed by atoms with van der Waals surface area (Å²) in [7, 11) is 0. The Hall–Kier alpha value is -0.870. The van der Waals surface area contributed by atoms with Crippen LogP contribution in [0.25, 0.3) is 0 Å². The molecular formula is C11H21N2O2+. The summed E-state index contributed by atoms with van der Waals surface area (Å²) in [4.78, 5) is 0. The molecule has 0 spiro atoms. The summed E-state index contributed by atoms with van der Waals surface area (Å²) in [6, 6.07) is 0. The van der Waals surface area contributed by atoms with Gasteiger partial charge >= 0.3 is 0 Å². The molecule has 1 rings (SSSR count). The lowest BCUT2D eigenvalue weighted by Crippen LogP contribution is -2.37. The van der Waals surface area contributed by atoms with Crippen LogP contribution in [0.2, 0.25) is 0 Å². The summed E-state index contributed by atoms with van der Waals surface area (Å²) in [5, 5.41) is 0. The quantitative estimate of drug-likeness (QED) is 0.501. The van der Waals surface area contributed by atoms with E-state index in [-0.39, 0.29) is 0 Å². The Morgan fingerprint density at radius 2 is 2.00 bits per heavy atom. The van der Waals surface area contributed by atoms with Crippen molar-refractivity contribution in [3.8, 4) is 0 Å². The fourth-order valence-corrected chi connectivity index (χ4v) is 1.41. The van der Waals surface area contributed by atoms with Crippen LogP contribution in [0.4, 0.5) is 0 Å². The molecule has 0 aliphatic heterocycles. The summed E-state index contributed by atoms with van der Waals surface area (Å²) in [5.74, 6) is 1.20. The van der Waals surface area contributed by atoms with Crippen LogP contribution >= 0.6 is 0 Å². The summed E-state index contributed by atoms with van der Waals surface area (Å²) >= 11 is 0. The first-order chi connectivity index (χ1) is 7.29. The number of hydrogen-bond donors (Lipinski definition) is 0. The van der Waals surface area contributed by atoms with E-state index in [1.165, 1.54) is 5.82 Å². The molecule has 0 N–H and O–H groups in total. The highest BCUT2D eigenvalue weighted by molar-refractivity contribution is 4.79. The summed E-state index contributed by atoms with van der Waals surface area (Å²) in [6.45, 7) is 9.92. The molecule has 0 aliphatic rings. The van der Waals surface area contributed by atoms with Gasteiger partial charge in [0, 0.05) is 20.1 Å². The monoisotopic (exact) mass is 213 g/mol. The van der Waals surface area contributed by atoms with Crippen LogP contribution in [0.3, 0.4) is 0 Å². The Kier molecular flexibility index (Phi) is 5.36. The molecule has 1 aromatic rings. The highest BCUT2D eigenvalue weighted by atomic mass is 16.5. The predicted octanol–water partition coefficient (Wildman–Crippen LogP) is 1.11. The topological polar surface area (TPSA) is 27.3 Å². The molecule has 15 heavy (non-hydrogen) atoms. The van der Waals surface area contributed by atoms with Crippen molar-refractivity contribution in [3.05, 3.63) is 18.2 Å². The molecule has 1 heterocycles. The van der Waals surface area contributed by atoms with Crippen molar-refractivity contribution in [2.75, 3.05) is 19.8 Å². The molecule has 0 amide bonds. The summed E-state index contributed by atoms with van der Waals surface area (Å²) in [5.41, 5.74) is 0. The van der Waals surface area contributed by atoms with Gasteiger partial charge in [-0.15, -0.1) is 0 Å². The van der Waals surface area contributed by atoms with Crippen LogP contribution in [0.15, 0.2) is 12.4 Å². The van der Waals surface area contributed by atoms with E-state index in [0.717, 1.165) is 26.4 Å². The summed E-state index contributed by atoms with van der Waals surface area (Å²) in [6.07, 6.45) is 4.10. The Balaban J connectivity index is 2.47. The zero-order chi connectivity index (χ0) is 11.1. The first-order valence-electron chi connectivity index (χ1n) is 5.50. The highest BCUT2D eigenvalue weighted by Gasteiger charge is 2.10. The van der Waals surface area contributed by atoms with Crippen molar-refractivity contribution in [2.45, 2.75) is 34.0 Å². The van der Waals surface area contributed by atoms with Gasteiger partial charge in [-0.1, -0.05) is 0 Å². The van der Waals surface area contributed by atoms with Gasteiger partial charge < -0.3 is 9.47 Å². The van der Waals surface area contributed by atoms with E-state index in [1.807, 2.05) is 20.0 Å². The van der Waals surface area contributed by atoms with Gasteiger partial charge in [0.15, 0.2) is 6.73 Å². The van der Waals surface area contributed by atoms with Gasteiger partial charge in [-0.25, -0.2) is 9.13 Å². The van der Waals surface area contributed by atoms with Gasteiger partial charge in [0.05, 0.1) is 6.61 Å². The number of aromatic nitrogens is 2. The van der Waals surface area contributed by atoms with Crippen LogP contribution in [0.5, 0.6) is 0 Å². The van der Waals surface area contributed by atoms with Gasteiger partial charge in [-0.05, 0) is 13.8 Å². The normalized spacial score (nSPS) is 10.9. The van der Waals surface area contributed by atoms with E-state index in [9.17, 15) is 0 Å². The molecule has 0 saturated heterocycles. The minimum atomic E-state index is 0.629. The van der Waals surface area contributed by atoms with Gasteiger partial charge in [0.25, 0.3) is 5.82 Å². The minimum Gasteiger partial charge on any atom is -0.378 e. The van der Waals surface area contributed by atoms with Crippen molar-refractivity contribution in [3.63, 3.8) is 0 Å². The van der Waals surface area contributed by atoms with Gasteiger partial charge in [-0.2, -0.15) is 0 Å². The maximum Gasteiger partial charge on any atom is 0.255 e. The lowest BCUT2D eigenvalue weighted by molar-refractivity contribution is -0.737. The van der Waals surface area contributed by atoms with Crippen LogP contribution in [0, 0.1) is 6.92 Å². The maximum atomic E-state index is 5.36. The Labute approximate surface area is 91.4 Å². The SMILES string of the molecule is CCOCCn1cc[n+](COCC)c1C. The molecular weight excluding hydrogens is 192 g/mol. The van der Waals surface area contributed by atoms with E-state index in [4.69, 9.17) is 9.47 Å². The number of ether oxygens (including phenoxy) is 2. The Morgan fingerprint density at radius 1 is 1.27 bits per heavy atom. The Morgan fingerprint density at radius 3 is 2.67 bits per heavy atom. The van der Waals surface area contributed by atoms with Crippen LogP contribution in [-0.4, -0.2) is 24.4 Å². The molecule has 0 atom stereocenters. The van der Waals surface area contributed by atoms with Crippen LogP contribution in [0.1, 0.15) is 19.7 Å². The van der Waals surface area contributed by atoms with Crippen LogP contribution < -0.4 is 4.57 Å². The van der Waals surface area contributed by atoms with E-state index in [0.29, 0.717) is 6.73 Å². The smallest absolute Gasteiger partial charge is 0.255 e. The summed E-state index contributed by atoms with van der Waals surface area (Å²) < 4.78 is 14.9. The van der Waals surface area contributed by atoms with Crippen molar-refractivity contribution < 1.29 is 14.0 Å². The zero-order valence-corrected chi connectivity index (χ0v) is 9.90. The third-order valence-electron chi connectivity index (χ3n) is 2.37. The number of imidazole rings is 1. The van der Waals surface area contributed by atoms with Crippen LogP contribution in [-0.2, 0) is 22.7 Å². The molecule has 0 radical (unpaired) electrons. The molecule has 0 unspecified atom stereocenters. The molecule has 0 aliphatic carbocycles. The van der Waals surface area contributed by atoms with Crippen molar-refractivity contribution in [1.29, 1.82) is 0 Å². The second kappa shape index (κ2) is 6.58. The number of hydrogen-bond acceptors (Lipinski definition) is 2. The molecule has 4 nitrogen and oxygen atoms in total. The van der Waals surface area contributed by atoms with Crippen molar-refractivity contribution >= 4 is 0 Å². The molecule has 0 aromatic carbocycles. The number of rotatable bonds is 7. The lowest BCUT2D eigenvalue weighted by Gasteiger charge is -2.01. The maximum absolute atomic E-state index is 5.36. The molecule has 86 valence electrons. The van der Waals surface area contributed by atoms with E-state index in [2.05, 4.69) is 22.3 Å². The largest absolute Gasteiger partial charge is 0.378 e. The molecule has 1 aromatic heterocycles. The average molecular weight is 213 g/mol. The second-order valence-electron chi connectivity index (χ2n) is 3.33. The zero-order valence-electron chi connectivity index (χ0n) is 9.90. The first-order valence-corrected chi connectivity index (χ1v) is 5.50. The molecule has 0 bridgehead atoms. The molecule has 0 fully saturated rings. The standard InChI is InChI=1S/C11H21N2O2/c1-4-14-9-8-12-6-7-13(11(12)3)10-15-5-2/h6-7H,4-5,8-10H2,1-3H3/q+1. The van der Waals surface area contributed by atoms with Crippen molar-refractivity contribution in [1.82, 2.24) is 4.57 Å².